The summed E-state index contributed by atoms with van der Waals surface area (Å²) >= 11 is 0. The molecule has 3 N–H and O–H groups in total. The van der Waals surface area contributed by atoms with E-state index in [1.165, 1.54) is 25.7 Å². The van der Waals surface area contributed by atoms with Crippen molar-refractivity contribution in [3.63, 3.8) is 0 Å². The molecule has 5 nitrogen and oxygen atoms in total. The van der Waals surface area contributed by atoms with Crippen LogP contribution in [0, 0.1) is 0 Å². The van der Waals surface area contributed by atoms with Gasteiger partial charge in [-0.2, -0.15) is 0 Å². The Labute approximate surface area is 132 Å². The van der Waals surface area contributed by atoms with E-state index in [2.05, 4.69) is 9.89 Å². The largest absolute Gasteiger partial charge is 0.388 e. The van der Waals surface area contributed by atoms with Gasteiger partial charge in [0.15, 0.2) is 5.96 Å². The molecule has 19 heavy (non-hydrogen) atoms. The van der Waals surface area contributed by atoms with Gasteiger partial charge in [-0.25, -0.2) is 0 Å². The van der Waals surface area contributed by atoms with Crippen LogP contribution in [0.1, 0.15) is 38.5 Å². The molecule has 0 spiro atoms. The second-order valence-corrected chi connectivity index (χ2v) is 5.41. The molecule has 0 aliphatic carbocycles. The standard InChI is InChI=1S/C13H25N3O2.HI/c14-12(16-7-3-1-2-4-8-16)15-11-13(17)5-9-18-10-6-13;/h17H,1-11H2,(H2,14,15);1H. The van der Waals surface area contributed by atoms with E-state index in [0.29, 0.717) is 38.6 Å². The minimum Gasteiger partial charge on any atom is -0.388 e. The summed E-state index contributed by atoms with van der Waals surface area (Å²) in [5.74, 6) is 0.594. The number of nitrogens with zero attached hydrogens (tertiary/aromatic N) is 2. The van der Waals surface area contributed by atoms with Crippen LogP contribution in [-0.4, -0.2) is 54.4 Å². The third kappa shape index (κ3) is 5.43. The Morgan fingerprint density at radius 2 is 1.74 bits per heavy atom. The van der Waals surface area contributed by atoms with Crippen LogP contribution in [0.3, 0.4) is 0 Å². The predicted molar refractivity (Wildman–Crippen MR) is 86.9 cm³/mol. The summed E-state index contributed by atoms with van der Waals surface area (Å²) in [4.78, 5) is 6.55. The van der Waals surface area contributed by atoms with E-state index in [1.807, 2.05) is 0 Å². The van der Waals surface area contributed by atoms with Gasteiger partial charge >= 0.3 is 0 Å². The number of rotatable bonds is 2. The number of guanidine groups is 1. The monoisotopic (exact) mass is 383 g/mol. The number of ether oxygens (including phenoxy) is 1. The van der Waals surface area contributed by atoms with Crippen molar-refractivity contribution in [3.05, 3.63) is 0 Å². The molecular weight excluding hydrogens is 357 g/mol. The Morgan fingerprint density at radius 1 is 1.16 bits per heavy atom. The van der Waals surface area contributed by atoms with Crippen molar-refractivity contribution in [2.45, 2.75) is 44.1 Å². The molecule has 0 aromatic heterocycles. The molecule has 2 fully saturated rings. The van der Waals surface area contributed by atoms with E-state index < -0.39 is 5.60 Å². The van der Waals surface area contributed by atoms with Gasteiger partial charge in [0.25, 0.3) is 0 Å². The molecule has 0 atom stereocenters. The molecule has 0 aromatic rings. The summed E-state index contributed by atoms with van der Waals surface area (Å²) in [6.07, 6.45) is 6.26. The second-order valence-electron chi connectivity index (χ2n) is 5.41. The number of hydrogen-bond acceptors (Lipinski definition) is 3. The molecular formula is C13H26IN3O2. The minimum atomic E-state index is -0.714. The summed E-state index contributed by atoms with van der Waals surface area (Å²) in [5.41, 5.74) is 5.31. The highest BCUT2D eigenvalue weighted by Crippen LogP contribution is 2.20. The van der Waals surface area contributed by atoms with Gasteiger partial charge in [0.1, 0.15) is 0 Å². The first-order valence-corrected chi connectivity index (χ1v) is 7.05. The lowest BCUT2D eigenvalue weighted by molar-refractivity contribution is -0.0566. The van der Waals surface area contributed by atoms with E-state index >= 15 is 0 Å². The normalized spacial score (nSPS) is 24.5. The predicted octanol–water partition coefficient (Wildman–Crippen LogP) is 1.34. The smallest absolute Gasteiger partial charge is 0.191 e. The molecule has 112 valence electrons. The van der Waals surface area contributed by atoms with Crippen molar-refractivity contribution < 1.29 is 9.84 Å². The Hall–Kier alpha value is -0.0800. The zero-order valence-corrected chi connectivity index (χ0v) is 13.8. The molecule has 0 unspecified atom stereocenters. The molecule has 2 aliphatic rings. The van der Waals surface area contributed by atoms with E-state index in [1.54, 1.807) is 0 Å². The number of likely N-dealkylation sites (tertiary alicyclic amines) is 1. The van der Waals surface area contributed by atoms with Gasteiger partial charge in [0.2, 0.25) is 0 Å². The molecule has 0 bridgehead atoms. The van der Waals surface area contributed by atoms with Gasteiger partial charge in [-0.05, 0) is 12.8 Å². The fourth-order valence-corrected chi connectivity index (χ4v) is 2.54. The Bertz CT molecular complexity index is 286. The molecule has 6 heteroatoms. The lowest BCUT2D eigenvalue weighted by atomic mass is 9.95. The summed E-state index contributed by atoms with van der Waals surface area (Å²) < 4.78 is 5.25. The average molecular weight is 383 g/mol. The highest BCUT2D eigenvalue weighted by Gasteiger charge is 2.29. The lowest BCUT2D eigenvalue weighted by Crippen LogP contribution is -2.42. The van der Waals surface area contributed by atoms with Crippen molar-refractivity contribution in [2.75, 3.05) is 32.8 Å². The van der Waals surface area contributed by atoms with Crippen LogP contribution >= 0.6 is 24.0 Å². The molecule has 2 rings (SSSR count). The Morgan fingerprint density at radius 3 is 2.32 bits per heavy atom. The minimum absolute atomic E-state index is 0. The molecule has 0 aromatic carbocycles. The van der Waals surface area contributed by atoms with Gasteiger partial charge in [-0.15, -0.1) is 24.0 Å². The number of nitrogens with two attached hydrogens (primary N) is 1. The van der Waals surface area contributed by atoms with E-state index in [0.717, 1.165) is 13.1 Å². The van der Waals surface area contributed by atoms with Crippen LogP contribution in [-0.2, 0) is 4.74 Å². The molecule has 2 aliphatic heterocycles. The van der Waals surface area contributed by atoms with Crippen LogP contribution in [0.5, 0.6) is 0 Å². The van der Waals surface area contributed by atoms with Gasteiger partial charge in [0, 0.05) is 39.1 Å². The van der Waals surface area contributed by atoms with Crippen molar-refractivity contribution in [3.8, 4) is 0 Å². The first-order chi connectivity index (χ1) is 8.70. The van der Waals surface area contributed by atoms with E-state index in [-0.39, 0.29) is 24.0 Å². The molecule has 0 radical (unpaired) electrons. The maximum absolute atomic E-state index is 10.3. The van der Waals surface area contributed by atoms with Gasteiger partial charge in [-0.3, -0.25) is 4.99 Å². The van der Waals surface area contributed by atoms with Crippen molar-refractivity contribution in [2.24, 2.45) is 10.7 Å². The molecule has 0 amide bonds. The maximum atomic E-state index is 10.3. The average Bonchev–Trinajstić information content (AvgIpc) is 2.66. The summed E-state index contributed by atoms with van der Waals surface area (Å²) in [6, 6.07) is 0. The van der Waals surface area contributed by atoms with Crippen molar-refractivity contribution in [1.82, 2.24) is 4.90 Å². The van der Waals surface area contributed by atoms with Crippen LogP contribution < -0.4 is 5.73 Å². The molecule has 0 saturated carbocycles. The van der Waals surface area contributed by atoms with Crippen LogP contribution in [0.4, 0.5) is 0 Å². The van der Waals surface area contributed by atoms with E-state index in [4.69, 9.17) is 10.5 Å². The zero-order valence-electron chi connectivity index (χ0n) is 11.5. The fourth-order valence-electron chi connectivity index (χ4n) is 2.54. The summed E-state index contributed by atoms with van der Waals surface area (Å²) in [5, 5.41) is 10.3. The first kappa shape index (κ1) is 17.0. The topological polar surface area (TPSA) is 71.1 Å². The number of halogens is 1. The fraction of sp³-hybridized carbons (Fsp3) is 0.923. The van der Waals surface area contributed by atoms with Crippen LogP contribution in [0.25, 0.3) is 0 Å². The van der Waals surface area contributed by atoms with Gasteiger partial charge in [-0.1, -0.05) is 12.8 Å². The summed E-state index contributed by atoms with van der Waals surface area (Å²) in [6.45, 7) is 3.64. The van der Waals surface area contributed by atoms with Gasteiger partial charge in [0.05, 0.1) is 12.1 Å². The lowest BCUT2D eigenvalue weighted by Gasteiger charge is -2.31. The Kier molecular flexibility index (Phi) is 7.38. The number of aliphatic imine (C=N–C) groups is 1. The van der Waals surface area contributed by atoms with Crippen molar-refractivity contribution in [1.29, 1.82) is 0 Å². The van der Waals surface area contributed by atoms with Crippen LogP contribution in [0.15, 0.2) is 4.99 Å². The quantitative estimate of drug-likeness (QED) is 0.429. The third-order valence-corrected chi connectivity index (χ3v) is 3.89. The van der Waals surface area contributed by atoms with Gasteiger partial charge < -0.3 is 20.5 Å². The SMILES string of the molecule is I.NC(=NCC1(O)CCOCC1)N1CCCCCC1. The first-order valence-electron chi connectivity index (χ1n) is 7.05. The van der Waals surface area contributed by atoms with Crippen LogP contribution in [0.2, 0.25) is 0 Å². The number of aliphatic hydroxyl groups is 1. The highest BCUT2D eigenvalue weighted by atomic mass is 127. The number of hydrogen-bond donors (Lipinski definition) is 2. The van der Waals surface area contributed by atoms with Crippen molar-refractivity contribution >= 4 is 29.9 Å². The Balaban J connectivity index is 0.00000180. The molecule has 2 heterocycles. The third-order valence-electron chi connectivity index (χ3n) is 3.89. The maximum Gasteiger partial charge on any atom is 0.191 e. The molecule has 2 saturated heterocycles. The summed E-state index contributed by atoms with van der Waals surface area (Å²) in [7, 11) is 0. The second kappa shape index (κ2) is 8.26. The highest BCUT2D eigenvalue weighted by molar-refractivity contribution is 14.0. The zero-order chi connectivity index (χ0) is 12.8. The van der Waals surface area contributed by atoms with E-state index in [9.17, 15) is 5.11 Å².